The highest BCUT2D eigenvalue weighted by atomic mass is 16.5. The molecular weight excluding hydrogens is 250 g/mol. The van der Waals surface area contributed by atoms with E-state index < -0.39 is 0 Å². The predicted octanol–water partition coefficient (Wildman–Crippen LogP) is 4.16. The van der Waals surface area contributed by atoms with Crippen molar-refractivity contribution < 1.29 is 9.53 Å². The summed E-state index contributed by atoms with van der Waals surface area (Å²) in [5.74, 6) is 1.13. The van der Waals surface area contributed by atoms with Gasteiger partial charge in [-0.2, -0.15) is 0 Å². The average molecular weight is 273 g/mol. The first kappa shape index (κ1) is 14.6. The van der Waals surface area contributed by atoms with Crippen molar-refractivity contribution in [3.8, 4) is 5.75 Å². The lowest BCUT2D eigenvalue weighted by atomic mass is 9.88. The Hall–Kier alpha value is -1.77. The van der Waals surface area contributed by atoms with Crippen LogP contribution < -0.4 is 10.1 Å². The van der Waals surface area contributed by atoms with Gasteiger partial charge in [-0.1, -0.05) is 25.8 Å². The Balaban J connectivity index is 1.86. The van der Waals surface area contributed by atoms with Gasteiger partial charge in [-0.15, -0.1) is 0 Å². The fourth-order valence-corrected chi connectivity index (χ4v) is 2.45. The number of carbonyl (C=O) groups is 1. The minimum atomic E-state index is 0.153. The van der Waals surface area contributed by atoms with Crippen molar-refractivity contribution in [3.05, 3.63) is 36.4 Å². The number of amides is 1. The van der Waals surface area contributed by atoms with Crippen molar-refractivity contribution in [2.45, 2.75) is 39.0 Å². The maximum atomic E-state index is 12.1. The van der Waals surface area contributed by atoms with Crippen LogP contribution in [0.25, 0.3) is 0 Å². The molecule has 3 nitrogen and oxygen atoms in total. The molecule has 1 aromatic carbocycles. The fraction of sp³-hybridized carbons (Fsp3) is 0.471. The van der Waals surface area contributed by atoms with Gasteiger partial charge in [0.1, 0.15) is 12.4 Å². The lowest BCUT2D eigenvalue weighted by molar-refractivity contribution is -0.120. The fourth-order valence-electron chi connectivity index (χ4n) is 2.45. The van der Waals surface area contributed by atoms with Crippen LogP contribution in [0.5, 0.6) is 5.75 Å². The SMILES string of the molecule is C=C(C)COc1ccc(NC(=O)C2CCCCC2)cc1. The molecule has 0 radical (unpaired) electrons. The van der Waals surface area contributed by atoms with Crippen LogP contribution in [0, 0.1) is 5.92 Å². The van der Waals surface area contributed by atoms with Gasteiger partial charge >= 0.3 is 0 Å². The first-order valence-corrected chi connectivity index (χ1v) is 7.33. The second-order valence-corrected chi connectivity index (χ2v) is 5.59. The van der Waals surface area contributed by atoms with Gasteiger partial charge in [-0.05, 0) is 49.6 Å². The lowest BCUT2D eigenvalue weighted by Crippen LogP contribution is -2.24. The Labute approximate surface area is 121 Å². The standard InChI is InChI=1S/C17H23NO2/c1-13(2)12-20-16-10-8-15(9-11-16)18-17(19)14-6-4-3-5-7-14/h8-11,14H,1,3-7,12H2,2H3,(H,18,19). The molecule has 108 valence electrons. The maximum Gasteiger partial charge on any atom is 0.227 e. The highest BCUT2D eigenvalue weighted by Crippen LogP contribution is 2.25. The number of benzene rings is 1. The largest absolute Gasteiger partial charge is 0.489 e. The molecule has 20 heavy (non-hydrogen) atoms. The molecule has 1 aliphatic rings. The molecule has 2 rings (SSSR count). The van der Waals surface area contributed by atoms with Gasteiger partial charge < -0.3 is 10.1 Å². The van der Waals surface area contributed by atoms with Gasteiger partial charge in [0.2, 0.25) is 5.91 Å². The van der Waals surface area contributed by atoms with Crippen molar-refractivity contribution in [3.63, 3.8) is 0 Å². The third-order valence-corrected chi connectivity index (χ3v) is 3.58. The van der Waals surface area contributed by atoms with E-state index in [0.717, 1.165) is 29.9 Å². The van der Waals surface area contributed by atoms with Crippen LogP contribution in [-0.4, -0.2) is 12.5 Å². The average Bonchev–Trinajstić information content (AvgIpc) is 2.47. The topological polar surface area (TPSA) is 38.3 Å². The summed E-state index contributed by atoms with van der Waals surface area (Å²) in [4.78, 5) is 12.1. The number of nitrogens with one attached hydrogen (secondary N) is 1. The van der Waals surface area contributed by atoms with E-state index in [2.05, 4.69) is 11.9 Å². The second-order valence-electron chi connectivity index (χ2n) is 5.59. The van der Waals surface area contributed by atoms with Crippen LogP contribution in [0.2, 0.25) is 0 Å². The third kappa shape index (κ3) is 4.41. The molecule has 1 aliphatic carbocycles. The molecule has 1 fully saturated rings. The van der Waals surface area contributed by atoms with Crippen LogP contribution >= 0.6 is 0 Å². The molecule has 0 aliphatic heterocycles. The Morgan fingerprint density at radius 3 is 2.50 bits per heavy atom. The van der Waals surface area contributed by atoms with Gasteiger partial charge in [0.05, 0.1) is 0 Å². The van der Waals surface area contributed by atoms with E-state index in [4.69, 9.17) is 4.74 Å². The normalized spacial score (nSPS) is 15.7. The van der Waals surface area contributed by atoms with Gasteiger partial charge in [0.15, 0.2) is 0 Å². The molecule has 0 saturated heterocycles. The minimum absolute atomic E-state index is 0.153. The van der Waals surface area contributed by atoms with Crippen LogP contribution in [0.15, 0.2) is 36.4 Å². The Bertz CT molecular complexity index is 458. The predicted molar refractivity (Wildman–Crippen MR) is 82.0 cm³/mol. The number of carbonyl (C=O) groups excluding carboxylic acids is 1. The monoisotopic (exact) mass is 273 g/mol. The van der Waals surface area contributed by atoms with E-state index in [1.165, 1.54) is 19.3 Å². The molecule has 1 aromatic rings. The molecule has 0 heterocycles. The van der Waals surface area contributed by atoms with E-state index in [-0.39, 0.29) is 11.8 Å². The van der Waals surface area contributed by atoms with E-state index in [0.29, 0.717) is 6.61 Å². The van der Waals surface area contributed by atoms with Crippen molar-refractivity contribution in [2.24, 2.45) is 5.92 Å². The third-order valence-electron chi connectivity index (χ3n) is 3.58. The zero-order valence-electron chi connectivity index (χ0n) is 12.2. The summed E-state index contributed by atoms with van der Waals surface area (Å²) in [7, 11) is 0. The highest BCUT2D eigenvalue weighted by Gasteiger charge is 2.20. The van der Waals surface area contributed by atoms with Gasteiger partial charge in [-0.3, -0.25) is 4.79 Å². The quantitative estimate of drug-likeness (QED) is 0.818. The molecule has 1 saturated carbocycles. The minimum Gasteiger partial charge on any atom is -0.489 e. The van der Waals surface area contributed by atoms with E-state index in [1.54, 1.807) is 0 Å². The van der Waals surface area contributed by atoms with Gasteiger partial charge in [0.25, 0.3) is 0 Å². The second kappa shape index (κ2) is 7.13. The molecule has 3 heteroatoms. The van der Waals surface area contributed by atoms with Crippen LogP contribution in [0.4, 0.5) is 5.69 Å². The summed E-state index contributed by atoms with van der Waals surface area (Å²) in [6.45, 7) is 6.25. The molecule has 0 unspecified atom stereocenters. The zero-order valence-corrected chi connectivity index (χ0v) is 12.2. The molecular formula is C17H23NO2. The Kier molecular flexibility index (Phi) is 5.22. The molecule has 0 bridgehead atoms. The van der Waals surface area contributed by atoms with E-state index in [1.807, 2.05) is 31.2 Å². The smallest absolute Gasteiger partial charge is 0.227 e. The Morgan fingerprint density at radius 1 is 1.25 bits per heavy atom. The molecule has 0 atom stereocenters. The van der Waals surface area contributed by atoms with Crippen LogP contribution in [-0.2, 0) is 4.79 Å². The zero-order chi connectivity index (χ0) is 14.4. The van der Waals surface area contributed by atoms with E-state index >= 15 is 0 Å². The number of hydrogen-bond acceptors (Lipinski definition) is 2. The van der Waals surface area contributed by atoms with Gasteiger partial charge in [-0.25, -0.2) is 0 Å². The van der Waals surface area contributed by atoms with E-state index in [9.17, 15) is 4.79 Å². The molecule has 0 aromatic heterocycles. The first-order valence-electron chi connectivity index (χ1n) is 7.33. The molecule has 1 amide bonds. The summed E-state index contributed by atoms with van der Waals surface area (Å²) in [5, 5.41) is 2.99. The number of rotatable bonds is 5. The Morgan fingerprint density at radius 2 is 1.90 bits per heavy atom. The highest BCUT2D eigenvalue weighted by molar-refractivity contribution is 5.92. The lowest BCUT2D eigenvalue weighted by Gasteiger charge is -2.20. The number of anilines is 1. The van der Waals surface area contributed by atoms with Crippen molar-refractivity contribution >= 4 is 11.6 Å². The maximum absolute atomic E-state index is 12.1. The first-order chi connectivity index (χ1) is 9.65. The summed E-state index contributed by atoms with van der Waals surface area (Å²) in [6, 6.07) is 7.52. The molecule has 0 spiro atoms. The van der Waals surface area contributed by atoms with Crippen LogP contribution in [0.3, 0.4) is 0 Å². The van der Waals surface area contributed by atoms with Crippen molar-refractivity contribution in [2.75, 3.05) is 11.9 Å². The molecule has 1 N–H and O–H groups in total. The summed E-state index contributed by atoms with van der Waals surface area (Å²) in [5.41, 5.74) is 1.82. The van der Waals surface area contributed by atoms with Gasteiger partial charge in [0, 0.05) is 11.6 Å². The van der Waals surface area contributed by atoms with Crippen molar-refractivity contribution in [1.29, 1.82) is 0 Å². The summed E-state index contributed by atoms with van der Waals surface area (Å²) >= 11 is 0. The summed E-state index contributed by atoms with van der Waals surface area (Å²) < 4.78 is 5.53. The number of hydrogen-bond donors (Lipinski definition) is 1. The van der Waals surface area contributed by atoms with Crippen LogP contribution in [0.1, 0.15) is 39.0 Å². The number of ether oxygens (including phenoxy) is 1. The van der Waals surface area contributed by atoms with Crippen molar-refractivity contribution in [1.82, 2.24) is 0 Å². The summed E-state index contributed by atoms with van der Waals surface area (Å²) in [6.07, 6.45) is 5.65.